The van der Waals surface area contributed by atoms with E-state index in [-0.39, 0.29) is 11.6 Å². The van der Waals surface area contributed by atoms with Gasteiger partial charge in [0, 0.05) is 18.0 Å². The summed E-state index contributed by atoms with van der Waals surface area (Å²) in [5.74, 6) is 0.722. The second-order valence-electron chi connectivity index (χ2n) is 4.98. The van der Waals surface area contributed by atoms with Crippen molar-refractivity contribution in [3.05, 3.63) is 48.7 Å². The fourth-order valence-corrected chi connectivity index (χ4v) is 2.22. The van der Waals surface area contributed by atoms with Crippen molar-refractivity contribution in [3.63, 3.8) is 0 Å². The highest BCUT2D eigenvalue weighted by molar-refractivity contribution is 5.64. The van der Waals surface area contributed by atoms with E-state index < -0.39 is 11.9 Å². The van der Waals surface area contributed by atoms with Crippen LogP contribution < -0.4 is 9.47 Å². The Kier molecular flexibility index (Phi) is 4.30. The molecule has 0 saturated carbocycles. The number of ether oxygens (including phenoxy) is 2. The Hall–Kier alpha value is -3.10. The largest absolute Gasteiger partial charge is 0.493 e. The van der Waals surface area contributed by atoms with Gasteiger partial charge in [-0.25, -0.2) is 15.0 Å². The number of imidazole rings is 1. The highest BCUT2D eigenvalue weighted by Gasteiger charge is 2.34. The first-order valence-corrected chi connectivity index (χ1v) is 7.09. The quantitative estimate of drug-likeness (QED) is 0.722. The molecule has 0 unspecified atom stereocenters. The van der Waals surface area contributed by atoms with Crippen LogP contribution in [-0.2, 0) is 6.18 Å². The molecule has 3 aromatic rings. The van der Waals surface area contributed by atoms with Gasteiger partial charge >= 0.3 is 6.18 Å². The molecular weight excluding hydrogens is 337 g/mol. The van der Waals surface area contributed by atoms with E-state index in [0.29, 0.717) is 17.1 Å². The standard InChI is InChI=1S/C16H13F3N4O2/c1-24-12-4-3-10(7-13(12)25-2)11-8-14(16(17,18)19)22-15(21-11)23-6-5-20-9-23/h3-9H,1-2H3. The fraction of sp³-hybridized carbons (Fsp3) is 0.188. The summed E-state index contributed by atoms with van der Waals surface area (Å²) in [5.41, 5.74) is -0.505. The predicted octanol–water partition coefficient (Wildman–Crippen LogP) is 3.37. The van der Waals surface area contributed by atoms with Crippen LogP contribution in [-0.4, -0.2) is 33.7 Å². The maximum absolute atomic E-state index is 13.2. The van der Waals surface area contributed by atoms with Crippen LogP contribution >= 0.6 is 0 Å². The van der Waals surface area contributed by atoms with Crippen molar-refractivity contribution >= 4 is 0 Å². The Balaban J connectivity index is 2.17. The molecule has 9 heteroatoms. The van der Waals surface area contributed by atoms with E-state index in [9.17, 15) is 13.2 Å². The molecule has 6 nitrogen and oxygen atoms in total. The van der Waals surface area contributed by atoms with E-state index in [0.717, 1.165) is 6.07 Å². The summed E-state index contributed by atoms with van der Waals surface area (Å²) in [6.07, 6.45) is -0.384. The Morgan fingerprint density at radius 1 is 1.00 bits per heavy atom. The van der Waals surface area contributed by atoms with Crippen molar-refractivity contribution in [3.8, 4) is 28.7 Å². The molecule has 3 rings (SSSR count). The van der Waals surface area contributed by atoms with Crippen molar-refractivity contribution in [1.29, 1.82) is 0 Å². The van der Waals surface area contributed by atoms with Gasteiger partial charge in [-0.15, -0.1) is 0 Å². The van der Waals surface area contributed by atoms with Gasteiger partial charge in [0.1, 0.15) is 6.33 Å². The molecule has 0 aliphatic carbocycles. The third-order valence-corrected chi connectivity index (χ3v) is 3.42. The van der Waals surface area contributed by atoms with E-state index in [2.05, 4.69) is 15.0 Å². The van der Waals surface area contributed by atoms with Gasteiger partial charge in [-0.1, -0.05) is 0 Å². The molecule has 0 aliphatic rings. The lowest BCUT2D eigenvalue weighted by Gasteiger charge is -2.12. The molecule has 0 spiro atoms. The van der Waals surface area contributed by atoms with Crippen LogP contribution in [0.2, 0.25) is 0 Å². The zero-order valence-electron chi connectivity index (χ0n) is 13.3. The molecule has 0 amide bonds. The Labute approximate surface area is 140 Å². The van der Waals surface area contributed by atoms with Crippen LogP contribution in [0.25, 0.3) is 17.2 Å². The summed E-state index contributed by atoms with van der Waals surface area (Å²) in [4.78, 5) is 11.6. The number of halogens is 3. The van der Waals surface area contributed by atoms with Gasteiger partial charge in [0.25, 0.3) is 0 Å². The Morgan fingerprint density at radius 3 is 2.36 bits per heavy atom. The van der Waals surface area contributed by atoms with Crippen LogP contribution in [0.5, 0.6) is 11.5 Å². The molecule has 0 saturated heterocycles. The van der Waals surface area contributed by atoms with Gasteiger partial charge in [0.2, 0.25) is 5.95 Å². The normalized spacial score (nSPS) is 11.4. The third-order valence-electron chi connectivity index (χ3n) is 3.42. The molecule has 1 aromatic carbocycles. The number of hydrogen-bond donors (Lipinski definition) is 0. The first kappa shape index (κ1) is 16.7. The lowest BCUT2D eigenvalue weighted by atomic mass is 10.1. The second-order valence-corrected chi connectivity index (χ2v) is 4.98. The maximum atomic E-state index is 13.2. The van der Waals surface area contributed by atoms with Gasteiger partial charge in [0.05, 0.1) is 19.9 Å². The molecule has 0 N–H and O–H groups in total. The number of alkyl halides is 3. The third kappa shape index (κ3) is 3.39. The Bertz CT molecular complexity index is 880. The van der Waals surface area contributed by atoms with Gasteiger partial charge in [-0.2, -0.15) is 13.2 Å². The van der Waals surface area contributed by atoms with Crippen molar-refractivity contribution in [2.75, 3.05) is 14.2 Å². The molecule has 25 heavy (non-hydrogen) atoms. The van der Waals surface area contributed by atoms with Gasteiger partial charge < -0.3 is 9.47 Å². The number of aromatic nitrogens is 4. The SMILES string of the molecule is COc1ccc(-c2cc(C(F)(F)F)nc(-n3ccnc3)n2)cc1OC. The minimum atomic E-state index is -4.61. The van der Waals surface area contributed by atoms with Crippen LogP contribution in [0.3, 0.4) is 0 Å². The average Bonchev–Trinajstić information content (AvgIpc) is 3.14. The number of rotatable bonds is 4. The molecule has 0 radical (unpaired) electrons. The minimum absolute atomic E-state index is 0.104. The summed E-state index contributed by atoms with van der Waals surface area (Å²) in [5, 5.41) is 0. The number of benzene rings is 1. The van der Waals surface area contributed by atoms with E-state index in [4.69, 9.17) is 9.47 Å². The molecular formula is C16H13F3N4O2. The maximum Gasteiger partial charge on any atom is 0.433 e. The zero-order valence-corrected chi connectivity index (χ0v) is 13.3. The van der Waals surface area contributed by atoms with Crippen LogP contribution in [0, 0.1) is 0 Å². The van der Waals surface area contributed by atoms with Crippen LogP contribution in [0.4, 0.5) is 13.2 Å². The van der Waals surface area contributed by atoms with Crippen molar-refractivity contribution in [1.82, 2.24) is 19.5 Å². The molecule has 0 atom stereocenters. The van der Waals surface area contributed by atoms with Gasteiger partial charge in [0.15, 0.2) is 17.2 Å². The summed E-state index contributed by atoms with van der Waals surface area (Å²) in [6.45, 7) is 0. The summed E-state index contributed by atoms with van der Waals surface area (Å²) < 4.78 is 51.3. The number of nitrogens with zero attached hydrogens (tertiary/aromatic N) is 4. The van der Waals surface area contributed by atoms with Crippen LogP contribution in [0.1, 0.15) is 5.69 Å². The van der Waals surface area contributed by atoms with Crippen LogP contribution in [0.15, 0.2) is 43.0 Å². The first-order valence-electron chi connectivity index (χ1n) is 7.09. The van der Waals surface area contributed by atoms with E-state index >= 15 is 0 Å². The lowest BCUT2D eigenvalue weighted by molar-refractivity contribution is -0.141. The summed E-state index contributed by atoms with van der Waals surface area (Å²) in [6, 6.07) is 5.64. The monoisotopic (exact) mass is 350 g/mol. The fourth-order valence-electron chi connectivity index (χ4n) is 2.22. The van der Waals surface area contributed by atoms with E-state index in [1.165, 1.54) is 37.5 Å². The lowest BCUT2D eigenvalue weighted by Crippen LogP contribution is -2.12. The topological polar surface area (TPSA) is 62.1 Å². The van der Waals surface area contributed by atoms with Crippen molar-refractivity contribution < 1.29 is 22.6 Å². The Morgan fingerprint density at radius 2 is 1.76 bits per heavy atom. The number of methoxy groups -OCH3 is 2. The highest BCUT2D eigenvalue weighted by Crippen LogP contribution is 2.34. The van der Waals surface area contributed by atoms with Gasteiger partial charge in [-0.05, 0) is 24.3 Å². The van der Waals surface area contributed by atoms with Crippen molar-refractivity contribution in [2.45, 2.75) is 6.18 Å². The molecule has 130 valence electrons. The number of hydrogen-bond acceptors (Lipinski definition) is 5. The predicted molar refractivity (Wildman–Crippen MR) is 82.7 cm³/mol. The highest BCUT2D eigenvalue weighted by atomic mass is 19.4. The molecule has 0 fully saturated rings. The summed E-state index contributed by atoms with van der Waals surface area (Å²) >= 11 is 0. The van der Waals surface area contributed by atoms with E-state index in [1.54, 1.807) is 18.2 Å². The van der Waals surface area contributed by atoms with E-state index in [1.807, 2.05) is 0 Å². The van der Waals surface area contributed by atoms with Crippen molar-refractivity contribution in [2.24, 2.45) is 0 Å². The smallest absolute Gasteiger partial charge is 0.433 e. The molecule has 2 heterocycles. The molecule has 2 aromatic heterocycles. The minimum Gasteiger partial charge on any atom is -0.493 e. The summed E-state index contributed by atoms with van der Waals surface area (Å²) in [7, 11) is 2.92. The van der Waals surface area contributed by atoms with Gasteiger partial charge in [-0.3, -0.25) is 4.57 Å². The zero-order chi connectivity index (χ0) is 18.0. The average molecular weight is 350 g/mol. The second kappa shape index (κ2) is 6.42. The molecule has 0 aliphatic heterocycles. The molecule has 0 bridgehead atoms. The first-order chi connectivity index (χ1) is 11.9.